The van der Waals surface area contributed by atoms with E-state index in [0.29, 0.717) is 6.61 Å². The van der Waals surface area contributed by atoms with Crippen molar-refractivity contribution in [3.05, 3.63) is 40.4 Å². The Bertz CT molecular complexity index is 872. The molecule has 5 nitrogen and oxygen atoms in total. The van der Waals surface area contributed by atoms with E-state index in [1.54, 1.807) is 0 Å². The molecule has 4 rings (SSSR count). The van der Waals surface area contributed by atoms with Crippen LogP contribution in [0, 0.1) is 6.92 Å². The summed E-state index contributed by atoms with van der Waals surface area (Å²) in [7, 11) is 0. The van der Waals surface area contributed by atoms with E-state index >= 15 is 0 Å². The number of nitrogens with zero attached hydrogens (tertiary/aromatic N) is 2. The van der Waals surface area contributed by atoms with Gasteiger partial charge in [0.2, 0.25) is 0 Å². The molecule has 1 aromatic carbocycles. The van der Waals surface area contributed by atoms with E-state index in [-0.39, 0.29) is 11.7 Å². The molecule has 0 amide bonds. The number of H-pyrrole nitrogens is 1. The molecule has 1 aliphatic heterocycles. The van der Waals surface area contributed by atoms with Crippen LogP contribution >= 0.6 is 0 Å². The molecule has 1 atom stereocenters. The fourth-order valence-corrected chi connectivity index (χ4v) is 3.26. The number of imidazole rings is 1. The summed E-state index contributed by atoms with van der Waals surface area (Å²) in [5.74, 6) is 0. The summed E-state index contributed by atoms with van der Waals surface area (Å²) in [6.45, 7) is 3.32. The molecule has 0 radical (unpaired) electrons. The molecule has 2 aromatic heterocycles. The first-order valence-corrected chi connectivity index (χ1v) is 7.33. The predicted molar refractivity (Wildman–Crippen MR) is 81.7 cm³/mol. The van der Waals surface area contributed by atoms with Crippen LogP contribution in [0.5, 0.6) is 0 Å². The zero-order valence-corrected chi connectivity index (χ0v) is 11.9. The van der Waals surface area contributed by atoms with E-state index in [2.05, 4.69) is 9.97 Å². The van der Waals surface area contributed by atoms with E-state index in [9.17, 15) is 4.79 Å². The highest BCUT2D eigenvalue weighted by Crippen LogP contribution is 2.28. The molecule has 1 fully saturated rings. The lowest BCUT2D eigenvalue weighted by atomic mass is 10.1. The van der Waals surface area contributed by atoms with Crippen molar-refractivity contribution in [1.29, 1.82) is 0 Å². The second-order valence-electron chi connectivity index (χ2n) is 5.61. The van der Waals surface area contributed by atoms with E-state index < -0.39 is 0 Å². The summed E-state index contributed by atoms with van der Waals surface area (Å²) in [6.07, 6.45) is 1.97. The molecule has 0 bridgehead atoms. The van der Waals surface area contributed by atoms with Gasteiger partial charge in [0.05, 0.1) is 34.9 Å². The van der Waals surface area contributed by atoms with Gasteiger partial charge in [0.1, 0.15) is 0 Å². The first-order chi connectivity index (χ1) is 10.3. The average Bonchev–Trinajstić information content (AvgIpc) is 2.86. The summed E-state index contributed by atoms with van der Waals surface area (Å²) in [5, 5.41) is 1.02. The Hall–Kier alpha value is -2.14. The summed E-state index contributed by atoms with van der Waals surface area (Å²) in [5.41, 5.74) is 3.51. The standard InChI is InChI=1S/C16H17N3O2/c1-10-14-15(12-6-2-3-7-13(12)17-10)19(16(20)18-14)11-5-4-8-21-9-11/h2-3,6-7,11H,4-5,8-9H2,1H3,(H,18,20)/t11-/m1/s1. The molecule has 3 heterocycles. The monoisotopic (exact) mass is 283 g/mol. The van der Waals surface area contributed by atoms with Gasteiger partial charge in [0, 0.05) is 12.0 Å². The van der Waals surface area contributed by atoms with Crippen LogP contribution in [0.25, 0.3) is 21.9 Å². The zero-order chi connectivity index (χ0) is 14.4. The largest absolute Gasteiger partial charge is 0.379 e. The number of nitrogens with one attached hydrogen (secondary N) is 1. The highest BCUT2D eigenvalue weighted by molar-refractivity contribution is 6.03. The number of aromatic amines is 1. The van der Waals surface area contributed by atoms with Gasteiger partial charge in [-0.15, -0.1) is 0 Å². The third-order valence-electron chi connectivity index (χ3n) is 4.24. The van der Waals surface area contributed by atoms with Crippen LogP contribution in [-0.2, 0) is 4.74 Å². The number of benzene rings is 1. The minimum Gasteiger partial charge on any atom is -0.379 e. The maximum Gasteiger partial charge on any atom is 0.326 e. The molecule has 0 saturated carbocycles. The maximum absolute atomic E-state index is 12.5. The smallest absolute Gasteiger partial charge is 0.326 e. The van der Waals surface area contributed by atoms with Crippen LogP contribution in [0.3, 0.4) is 0 Å². The summed E-state index contributed by atoms with van der Waals surface area (Å²) >= 11 is 0. The van der Waals surface area contributed by atoms with Gasteiger partial charge >= 0.3 is 5.69 Å². The van der Waals surface area contributed by atoms with E-state index in [1.165, 1.54) is 0 Å². The first kappa shape index (κ1) is 12.6. The van der Waals surface area contributed by atoms with Crippen LogP contribution in [0.1, 0.15) is 24.6 Å². The molecule has 1 N–H and O–H groups in total. The van der Waals surface area contributed by atoms with Crippen molar-refractivity contribution in [2.24, 2.45) is 0 Å². The third-order valence-corrected chi connectivity index (χ3v) is 4.24. The molecule has 0 spiro atoms. The number of para-hydroxylation sites is 1. The first-order valence-electron chi connectivity index (χ1n) is 7.33. The van der Waals surface area contributed by atoms with Gasteiger partial charge in [-0.25, -0.2) is 4.79 Å². The van der Waals surface area contributed by atoms with Crippen molar-refractivity contribution in [3.8, 4) is 0 Å². The topological polar surface area (TPSA) is 59.9 Å². The van der Waals surface area contributed by atoms with Gasteiger partial charge in [0.25, 0.3) is 0 Å². The average molecular weight is 283 g/mol. The van der Waals surface area contributed by atoms with Crippen molar-refractivity contribution in [2.75, 3.05) is 13.2 Å². The lowest BCUT2D eigenvalue weighted by molar-refractivity contribution is 0.0595. The molecule has 1 saturated heterocycles. The van der Waals surface area contributed by atoms with Gasteiger partial charge < -0.3 is 9.72 Å². The molecular weight excluding hydrogens is 266 g/mol. The Morgan fingerprint density at radius 3 is 3.05 bits per heavy atom. The van der Waals surface area contributed by atoms with E-state index in [4.69, 9.17) is 4.74 Å². The summed E-state index contributed by atoms with van der Waals surface area (Å²) in [6, 6.07) is 8.07. The lowest BCUT2D eigenvalue weighted by Crippen LogP contribution is -2.28. The van der Waals surface area contributed by atoms with Crippen LogP contribution in [0.15, 0.2) is 29.1 Å². The molecule has 5 heteroatoms. The zero-order valence-electron chi connectivity index (χ0n) is 11.9. The molecule has 108 valence electrons. The van der Waals surface area contributed by atoms with Crippen LogP contribution < -0.4 is 5.69 Å². The molecule has 0 aliphatic carbocycles. The number of aromatic nitrogens is 3. The van der Waals surface area contributed by atoms with Crippen molar-refractivity contribution in [3.63, 3.8) is 0 Å². The fraction of sp³-hybridized carbons (Fsp3) is 0.375. The second-order valence-corrected chi connectivity index (χ2v) is 5.61. The molecule has 21 heavy (non-hydrogen) atoms. The Balaban J connectivity index is 2.10. The second kappa shape index (κ2) is 4.70. The van der Waals surface area contributed by atoms with E-state index in [1.807, 2.05) is 35.8 Å². The highest BCUT2D eigenvalue weighted by Gasteiger charge is 2.22. The number of fused-ring (bicyclic) bond motifs is 3. The fourth-order valence-electron chi connectivity index (χ4n) is 3.26. The van der Waals surface area contributed by atoms with Crippen molar-refractivity contribution in [1.82, 2.24) is 14.5 Å². The molecule has 0 unspecified atom stereocenters. The Morgan fingerprint density at radius 1 is 1.38 bits per heavy atom. The Kier molecular flexibility index (Phi) is 2.82. The van der Waals surface area contributed by atoms with Gasteiger partial charge in [-0.1, -0.05) is 18.2 Å². The van der Waals surface area contributed by atoms with Crippen LogP contribution in [0.4, 0.5) is 0 Å². The van der Waals surface area contributed by atoms with Crippen LogP contribution in [0.2, 0.25) is 0 Å². The molecule has 3 aromatic rings. The molecule has 1 aliphatic rings. The van der Waals surface area contributed by atoms with Crippen LogP contribution in [-0.4, -0.2) is 27.7 Å². The summed E-state index contributed by atoms with van der Waals surface area (Å²) in [4.78, 5) is 20.0. The number of aryl methyl sites for hydroxylation is 1. The SMILES string of the molecule is Cc1nc2ccccc2c2c1[nH]c(=O)n2[C@@H]1CCCOC1. The Morgan fingerprint density at radius 2 is 2.24 bits per heavy atom. The van der Waals surface area contributed by atoms with Gasteiger partial charge in [-0.3, -0.25) is 9.55 Å². The quantitative estimate of drug-likeness (QED) is 0.746. The minimum absolute atomic E-state index is 0.0678. The summed E-state index contributed by atoms with van der Waals surface area (Å²) < 4.78 is 7.43. The van der Waals surface area contributed by atoms with Crippen molar-refractivity contribution in [2.45, 2.75) is 25.8 Å². The number of ether oxygens (including phenoxy) is 1. The van der Waals surface area contributed by atoms with E-state index in [0.717, 1.165) is 47.1 Å². The number of hydrogen-bond acceptors (Lipinski definition) is 3. The van der Waals surface area contributed by atoms with Gasteiger partial charge in [-0.05, 0) is 25.8 Å². The number of pyridine rings is 1. The van der Waals surface area contributed by atoms with Crippen molar-refractivity contribution >= 4 is 21.9 Å². The lowest BCUT2D eigenvalue weighted by Gasteiger charge is -2.23. The number of hydrogen-bond donors (Lipinski definition) is 1. The molecular formula is C16H17N3O2. The predicted octanol–water partition coefficient (Wildman–Crippen LogP) is 2.54. The Labute approximate surface area is 121 Å². The van der Waals surface area contributed by atoms with Gasteiger partial charge in [-0.2, -0.15) is 0 Å². The maximum atomic E-state index is 12.5. The third kappa shape index (κ3) is 1.88. The van der Waals surface area contributed by atoms with Gasteiger partial charge in [0.15, 0.2) is 0 Å². The van der Waals surface area contributed by atoms with Crippen molar-refractivity contribution < 1.29 is 4.74 Å². The normalized spacial score (nSPS) is 19.4. The minimum atomic E-state index is -0.0678. The highest BCUT2D eigenvalue weighted by atomic mass is 16.5. The number of rotatable bonds is 1.